The van der Waals surface area contributed by atoms with E-state index in [2.05, 4.69) is 33.6 Å². The number of para-hydroxylation sites is 1. The van der Waals surface area contributed by atoms with Gasteiger partial charge in [0.2, 0.25) is 5.91 Å². The van der Waals surface area contributed by atoms with Gasteiger partial charge in [0, 0.05) is 32.2 Å². The van der Waals surface area contributed by atoms with Crippen molar-refractivity contribution in [2.75, 3.05) is 39.0 Å². The maximum atomic E-state index is 14.1. The molecule has 0 spiro atoms. The minimum absolute atomic E-state index is 0.143. The summed E-state index contributed by atoms with van der Waals surface area (Å²) < 4.78 is 22.1. The topological polar surface area (TPSA) is 63.5 Å². The van der Waals surface area contributed by atoms with Crippen molar-refractivity contribution in [2.45, 2.75) is 50.4 Å². The molecule has 0 radical (unpaired) electrons. The second-order valence-electron chi connectivity index (χ2n) is 10.0. The molecule has 1 aliphatic heterocycles. The average molecular weight is 488 g/mol. The van der Waals surface area contributed by atoms with Gasteiger partial charge in [-0.25, -0.2) is 4.39 Å². The van der Waals surface area contributed by atoms with E-state index in [1.165, 1.54) is 43.5 Å². The molecule has 9 heteroatoms. The van der Waals surface area contributed by atoms with E-state index in [-0.39, 0.29) is 30.1 Å². The number of halogens is 1. The second kappa shape index (κ2) is 10.2. The lowest BCUT2D eigenvalue weighted by Crippen LogP contribution is -2.47. The van der Waals surface area contributed by atoms with Crippen LogP contribution >= 0.6 is 11.8 Å². The third-order valence-electron chi connectivity index (χ3n) is 7.93. The van der Waals surface area contributed by atoms with E-state index in [0.717, 1.165) is 43.2 Å². The summed E-state index contributed by atoms with van der Waals surface area (Å²) >= 11 is 1.46. The number of hydrogen-bond acceptors (Lipinski definition) is 6. The summed E-state index contributed by atoms with van der Waals surface area (Å²) in [6, 6.07) is 6.63. The number of amides is 1. The zero-order valence-corrected chi connectivity index (χ0v) is 20.8. The molecule has 4 atom stereocenters. The van der Waals surface area contributed by atoms with Gasteiger partial charge >= 0.3 is 0 Å². The van der Waals surface area contributed by atoms with Crippen LogP contribution in [-0.4, -0.2) is 69.5 Å². The molecule has 34 heavy (non-hydrogen) atoms. The predicted molar refractivity (Wildman–Crippen MR) is 129 cm³/mol. The Labute approximate surface area is 205 Å². The first-order valence-electron chi connectivity index (χ1n) is 12.4. The lowest BCUT2D eigenvalue weighted by Gasteiger charge is -2.32. The van der Waals surface area contributed by atoms with Crippen molar-refractivity contribution in [2.24, 2.45) is 17.8 Å². The van der Waals surface area contributed by atoms with Gasteiger partial charge in [-0.1, -0.05) is 30.3 Å². The summed E-state index contributed by atoms with van der Waals surface area (Å²) in [6.45, 7) is 5.74. The third kappa shape index (κ3) is 4.96. The molecule has 1 saturated heterocycles. The Bertz CT molecular complexity index is 1010. The van der Waals surface area contributed by atoms with Gasteiger partial charge in [0.05, 0.1) is 5.75 Å². The first kappa shape index (κ1) is 23.6. The number of carbonyl (C=O) groups excluding carboxylic acids is 1. The average Bonchev–Trinajstić information content (AvgIpc) is 3.58. The zero-order valence-electron chi connectivity index (χ0n) is 20.0. The quantitative estimate of drug-likeness (QED) is 0.527. The van der Waals surface area contributed by atoms with Gasteiger partial charge in [-0.15, -0.1) is 10.2 Å². The fourth-order valence-corrected chi connectivity index (χ4v) is 6.91. The summed E-state index contributed by atoms with van der Waals surface area (Å²) in [7, 11) is 2.08. The molecule has 184 valence electrons. The van der Waals surface area contributed by atoms with Crippen LogP contribution in [0.1, 0.15) is 44.5 Å². The van der Waals surface area contributed by atoms with Gasteiger partial charge in [-0.2, -0.15) is 0 Å². The number of benzene rings is 1. The van der Waals surface area contributed by atoms with Crippen LogP contribution in [0.4, 0.5) is 4.39 Å². The van der Waals surface area contributed by atoms with Crippen LogP contribution in [0.2, 0.25) is 0 Å². The fourth-order valence-electron chi connectivity index (χ4n) is 5.97. The number of fused-ring (bicyclic) bond motifs is 2. The molecule has 1 amide bonds. The normalized spacial score (nSPS) is 25.6. The molecule has 2 aliphatic carbocycles. The Morgan fingerprint density at radius 3 is 2.68 bits per heavy atom. The van der Waals surface area contributed by atoms with E-state index < -0.39 is 0 Å². The highest BCUT2D eigenvalue weighted by atomic mass is 32.2. The SMILES string of the molecule is C[C@H]([C@@H]1C[C@H]2CC[C@H]1C2)n1c(COc2ccccc2F)nnc1SCC(=O)N1CCN(C)CC1. The van der Waals surface area contributed by atoms with Gasteiger partial charge in [-0.3, -0.25) is 9.36 Å². The molecule has 2 aromatic rings. The zero-order chi connectivity index (χ0) is 23.7. The molecule has 7 nitrogen and oxygen atoms in total. The fraction of sp³-hybridized carbons (Fsp3) is 0.640. The number of piperazine rings is 1. The van der Waals surface area contributed by atoms with Crippen molar-refractivity contribution in [1.29, 1.82) is 0 Å². The van der Waals surface area contributed by atoms with Crippen molar-refractivity contribution in [3.8, 4) is 5.75 Å². The van der Waals surface area contributed by atoms with Crippen LogP contribution in [0.5, 0.6) is 5.75 Å². The standard InChI is InChI=1S/C25H34FN5O2S/c1-17(20-14-18-7-8-19(20)13-18)31-23(15-33-22-6-4-3-5-21(22)26)27-28-25(31)34-16-24(32)30-11-9-29(2)10-12-30/h3-6,17-20H,7-16H2,1-2H3/t17-,18+,19+,20+/m1/s1. The molecule has 3 aliphatic rings. The lowest BCUT2D eigenvalue weighted by molar-refractivity contribution is -0.129. The van der Waals surface area contributed by atoms with Crippen LogP contribution in [0.3, 0.4) is 0 Å². The molecule has 2 bridgehead atoms. The Morgan fingerprint density at radius 2 is 1.97 bits per heavy atom. The van der Waals surface area contributed by atoms with Crippen molar-refractivity contribution in [3.05, 3.63) is 35.9 Å². The summed E-state index contributed by atoms with van der Waals surface area (Å²) in [6.07, 6.45) is 5.21. The molecule has 0 N–H and O–H groups in total. The summed E-state index contributed by atoms with van der Waals surface area (Å²) in [4.78, 5) is 17.0. The highest BCUT2D eigenvalue weighted by molar-refractivity contribution is 7.99. The number of ether oxygens (including phenoxy) is 1. The second-order valence-corrected chi connectivity index (χ2v) is 11.0. The molecule has 5 rings (SSSR count). The molecule has 2 saturated carbocycles. The van der Waals surface area contributed by atoms with Crippen LogP contribution in [-0.2, 0) is 11.4 Å². The number of nitrogens with zero attached hydrogens (tertiary/aromatic N) is 5. The van der Waals surface area contributed by atoms with Gasteiger partial charge in [0.1, 0.15) is 6.61 Å². The molecule has 0 unspecified atom stereocenters. The molecule has 1 aromatic carbocycles. The van der Waals surface area contributed by atoms with E-state index in [1.54, 1.807) is 18.2 Å². The van der Waals surface area contributed by atoms with Gasteiger partial charge in [-0.05, 0) is 63.1 Å². The van der Waals surface area contributed by atoms with Gasteiger partial charge in [0.25, 0.3) is 0 Å². The van der Waals surface area contributed by atoms with E-state index in [0.29, 0.717) is 17.5 Å². The minimum atomic E-state index is -0.387. The van der Waals surface area contributed by atoms with E-state index in [9.17, 15) is 9.18 Å². The summed E-state index contributed by atoms with van der Waals surface area (Å²) in [5.41, 5.74) is 0. The van der Waals surface area contributed by atoms with Crippen LogP contribution < -0.4 is 4.74 Å². The monoisotopic (exact) mass is 487 g/mol. The number of likely N-dealkylation sites (N-methyl/N-ethyl adjacent to an activating group) is 1. The Balaban J connectivity index is 1.32. The molecule has 3 fully saturated rings. The lowest BCUT2D eigenvalue weighted by atomic mass is 9.84. The highest BCUT2D eigenvalue weighted by Gasteiger charge is 2.43. The maximum absolute atomic E-state index is 14.1. The van der Waals surface area contributed by atoms with Crippen molar-refractivity contribution in [3.63, 3.8) is 0 Å². The van der Waals surface area contributed by atoms with Crippen LogP contribution in [0.25, 0.3) is 0 Å². The number of rotatable bonds is 8. The molecule has 2 heterocycles. The number of carbonyl (C=O) groups is 1. The van der Waals surface area contributed by atoms with E-state index >= 15 is 0 Å². The van der Waals surface area contributed by atoms with E-state index in [1.807, 2.05) is 4.90 Å². The summed E-state index contributed by atoms with van der Waals surface area (Å²) in [5, 5.41) is 9.64. The summed E-state index contributed by atoms with van der Waals surface area (Å²) in [5.74, 6) is 3.16. The number of thioether (sulfide) groups is 1. The smallest absolute Gasteiger partial charge is 0.233 e. The Kier molecular flexibility index (Phi) is 7.11. The number of hydrogen-bond donors (Lipinski definition) is 0. The van der Waals surface area contributed by atoms with Crippen LogP contribution in [0, 0.1) is 23.6 Å². The first-order valence-corrected chi connectivity index (χ1v) is 13.4. The van der Waals surface area contributed by atoms with Crippen molar-refractivity contribution >= 4 is 17.7 Å². The first-order chi connectivity index (χ1) is 16.5. The Hall–Kier alpha value is -2.13. The van der Waals surface area contributed by atoms with Crippen molar-refractivity contribution < 1.29 is 13.9 Å². The largest absolute Gasteiger partial charge is 0.483 e. The van der Waals surface area contributed by atoms with Gasteiger partial charge in [0.15, 0.2) is 22.5 Å². The van der Waals surface area contributed by atoms with Gasteiger partial charge < -0.3 is 14.5 Å². The predicted octanol–water partition coefficient (Wildman–Crippen LogP) is 3.86. The number of aromatic nitrogens is 3. The minimum Gasteiger partial charge on any atom is -0.483 e. The Morgan fingerprint density at radius 1 is 1.18 bits per heavy atom. The van der Waals surface area contributed by atoms with E-state index in [4.69, 9.17) is 4.74 Å². The third-order valence-corrected chi connectivity index (χ3v) is 8.86. The highest BCUT2D eigenvalue weighted by Crippen LogP contribution is 2.52. The molecular formula is C25H34FN5O2S. The molecule has 1 aromatic heterocycles. The van der Waals surface area contributed by atoms with Crippen molar-refractivity contribution in [1.82, 2.24) is 24.6 Å². The maximum Gasteiger partial charge on any atom is 0.233 e. The molecular weight excluding hydrogens is 453 g/mol. The van der Waals surface area contributed by atoms with Crippen LogP contribution in [0.15, 0.2) is 29.4 Å².